The van der Waals surface area contributed by atoms with Crippen LogP contribution in [0.2, 0.25) is 0 Å². The van der Waals surface area contributed by atoms with E-state index in [9.17, 15) is 0 Å². The van der Waals surface area contributed by atoms with Gasteiger partial charge in [0, 0.05) is 16.6 Å². The van der Waals surface area contributed by atoms with Crippen molar-refractivity contribution in [2.45, 2.75) is 39.5 Å². The standard InChI is InChI=1S/C16H21BrN4O/c1-3-4-5-10-14-20-16(22-21-14)15(18)11(2)19-13-9-7-6-8-12(13)17/h6-9,19H,3-5,10,18H2,1-2H3/b15-11-. The molecule has 6 heteroatoms. The van der Waals surface area contributed by atoms with Crippen LogP contribution in [-0.2, 0) is 6.42 Å². The topological polar surface area (TPSA) is 77.0 Å². The van der Waals surface area contributed by atoms with Crippen molar-refractivity contribution in [2.75, 3.05) is 5.32 Å². The minimum absolute atomic E-state index is 0.364. The van der Waals surface area contributed by atoms with E-state index in [1.54, 1.807) is 0 Å². The lowest BCUT2D eigenvalue weighted by atomic mass is 10.2. The molecule has 0 fully saturated rings. The minimum atomic E-state index is 0.364. The first-order valence-electron chi connectivity index (χ1n) is 7.42. The van der Waals surface area contributed by atoms with E-state index in [1.807, 2.05) is 31.2 Å². The van der Waals surface area contributed by atoms with Gasteiger partial charge in [-0.15, -0.1) is 0 Å². The Morgan fingerprint density at radius 3 is 2.82 bits per heavy atom. The maximum atomic E-state index is 6.11. The zero-order chi connectivity index (χ0) is 15.9. The Kier molecular flexibility index (Phi) is 6.00. The summed E-state index contributed by atoms with van der Waals surface area (Å²) in [6.07, 6.45) is 4.22. The average molecular weight is 365 g/mol. The Bertz CT molecular complexity index is 651. The Hall–Kier alpha value is -1.82. The fourth-order valence-electron chi connectivity index (χ4n) is 1.99. The summed E-state index contributed by atoms with van der Waals surface area (Å²) in [6, 6.07) is 7.84. The zero-order valence-corrected chi connectivity index (χ0v) is 14.5. The third-order valence-electron chi connectivity index (χ3n) is 3.30. The van der Waals surface area contributed by atoms with Crippen LogP contribution in [0.5, 0.6) is 0 Å². The number of aromatic nitrogens is 2. The maximum Gasteiger partial charge on any atom is 0.275 e. The summed E-state index contributed by atoms with van der Waals surface area (Å²) in [4.78, 5) is 4.35. The Morgan fingerprint density at radius 1 is 1.32 bits per heavy atom. The molecule has 0 amide bonds. The molecule has 0 atom stereocenters. The van der Waals surface area contributed by atoms with Crippen molar-refractivity contribution in [3.63, 3.8) is 0 Å². The van der Waals surface area contributed by atoms with Crippen LogP contribution >= 0.6 is 15.9 Å². The van der Waals surface area contributed by atoms with Gasteiger partial charge < -0.3 is 15.6 Å². The Labute approximate surface area is 139 Å². The molecule has 22 heavy (non-hydrogen) atoms. The second-order valence-electron chi connectivity index (χ2n) is 5.12. The number of para-hydroxylation sites is 1. The summed E-state index contributed by atoms with van der Waals surface area (Å²) < 4.78 is 6.22. The van der Waals surface area contributed by atoms with Gasteiger partial charge in [-0.25, -0.2) is 0 Å². The van der Waals surface area contributed by atoms with Gasteiger partial charge in [0.2, 0.25) is 0 Å². The maximum absolute atomic E-state index is 6.11. The van der Waals surface area contributed by atoms with Crippen LogP contribution in [0, 0.1) is 0 Å². The SMILES string of the molecule is CCCCCc1noc(/C(N)=C(\C)Nc2ccccc2Br)n1. The van der Waals surface area contributed by atoms with Gasteiger partial charge in [-0.1, -0.05) is 37.1 Å². The molecule has 0 aliphatic rings. The fourth-order valence-corrected chi connectivity index (χ4v) is 2.37. The summed E-state index contributed by atoms with van der Waals surface area (Å²) in [5.74, 6) is 1.07. The molecule has 0 radical (unpaired) electrons. The molecule has 1 heterocycles. The highest BCUT2D eigenvalue weighted by Gasteiger charge is 2.12. The second kappa shape index (κ2) is 7.98. The number of benzene rings is 1. The molecule has 118 valence electrons. The molecule has 0 saturated heterocycles. The van der Waals surface area contributed by atoms with E-state index in [0.29, 0.717) is 17.4 Å². The van der Waals surface area contributed by atoms with Crippen molar-refractivity contribution >= 4 is 27.3 Å². The highest BCUT2D eigenvalue weighted by atomic mass is 79.9. The van der Waals surface area contributed by atoms with Crippen LogP contribution in [0.25, 0.3) is 5.70 Å². The van der Waals surface area contributed by atoms with Crippen LogP contribution in [0.15, 0.2) is 39.0 Å². The van der Waals surface area contributed by atoms with Crippen LogP contribution in [0.3, 0.4) is 0 Å². The van der Waals surface area contributed by atoms with E-state index in [2.05, 4.69) is 38.3 Å². The summed E-state index contributed by atoms with van der Waals surface area (Å²) in [5, 5.41) is 7.23. The number of hydrogen-bond acceptors (Lipinski definition) is 5. The molecule has 0 bridgehead atoms. The van der Waals surface area contributed by atoms with Crippen molar-refractivity contribution < 1.29 is 4.52 Å². The van der Waals surface area contributed by atoms with E-state index in [4.69, 9.17) is 10.3 Å². The minimum Gasteiger partial charge on any atom is -0.393 e. The molecule has 1 aromatic carbocycles. The molecule has 2 aromatic rings. The highest BCUT2D eigenvalue weighted by Crippen LogP contribution is 2.24. The van der Waals surface area contributed by atoms with Gasteiger partial charge in [-0.05, 0) is 41.4 Å². The van der Waals surface area contributed by atoms with E-state index < -0.39 is 0 Å². The normalized spacial score (nSPS) is 12.1. The number of nitrogens with zero attached hydrogens (tertiary/aromatic N) is 2. The number of aryl methyl sites for hydroxylation is 1. The summed E-state index contributed by atoms with van der Waals surface area (Å²) in [7, 11) is 0. The largest absolute Gasteiger partial charge is 0.393 e. The molecule has 0 spiro atoms. The van der Waals surface area contributed by atoms with Crippen LogP contribution in [0.1, 0.15) is 44.8 Å². The van der Waals surface area contributed by atoms with Crippen molar-refractivity contribution in [1.82, 2.24) is 10.1 Å². The smallest absolute Gasteiger partial charge is 0.275 e. The molecule has 0 aliphatic carbocycles. The number of hydrogen-bond donors (Lipinski definition) is 2. The number of unbranched alkanes of at least 4 members (excludes halogenated alkanes) is 2. The lowest BCUT2D eigenvalue weighted by Crippen LogP contribution is -2.07. The van der Waals surface area contributed by atoms with Gasteiger partial charge >= 0.3 is 0 Å². The average Bonchev–Trinajstić information content (AvgIpc) is 2.98. The third kappa shape index (κ3) is 4.34. The van der Waals surface area contributed by atoms with Gasteiger partial charge in [-0.3, -0.25) is 0 Å². The molecule has 1 aromatic heterocycles. The van der Waals surface area contributed by atoms with E-state index in [-0.39, 0.29) is 0 Å². The third-order valence-corrected chi connectivity index (χ3v) is 3.99. The summed E-state index contributed by atoms with van der Waals surface area (Å²) in [6.45, 7) is 4.05. The van der Waals surface area contributed by atoms with Crippen LogP contribution in [-0.4, -0.2) is 10.1 Å². The van der Waals surface area contributed by atoms with Gasteiger partial charge in [0.1, 0.15) is 5.70 Å². The molecule has 0 saturated carbocycles. The van der Waals surface area contributed by atoms with E-state index in [1.165, 1.54) is 6.42 Å². The van der Waals surface area contributed by atoms with Gasteiger partial charge in [0.15, 0.2) is 5.82 Å². The van der Waals surface area contributed by atoms with Crippen molar-refractivity contribution in [1.29, 1.82) is 0 Å². The number of halogens is 1. The molecule has 0 aliphatic heterocycles. The van der Waals surface area contributed by atoms with E-state index in [0.717, 1.165) is 35.1 Å². The quantitative estimate of drug-likeness (QED) is 0.715. The second-order valence-corrected chi connectivity index (χ2v) is 5.97. The zero-order valence-electron chi connectivity index (χ0n) is 12.9. The molecule has 5 nitrogen and oxygen atoms in total. The molecule has 2 rings (SSSR count). The van der Waals surface area contributed by atoms with Gasteiger partial charge in [0.05, 0.1) is 5.69 Å². The van der Waals surface area contributed by atoms with Crippen LogP contribution in [0.4, 0.5) is 5.69 Å². The first-order valence-corrected chi connectivity index (χ1v) is 8.22. The van der Waals surface area contributed by atoms with Gasteiger partial charge in [-0.2, -0.15) is 4.98 Å². The first kappa shape index (κ1) is 16.5. The predicted octanol–water partition coefficient (Wildman–Crippen LogP) is 4.32. The van der Waals surface area contributed by atoms with Crippen molar-refractivity contribution in [3.8, 4) is 0 Å². The summed E-state index contributed by atoms with van der Waals surface area (Å²) >= 11 is 3.49. The van der Waals surface area contributed by atoms with Crippen LogP contribution < -0.4 is 11.1 Å². The molecular weight excluding hydrogens is 344 g/mol. The number of allylic oxidation sites excluding steroid dienone is 1. The summed E-state index contributed by atoms with van der Waals surface area (Å²) in [5.41, 5.74) is 8.28. The lowest BCUT2D eigenvalue weighted by molar-refractivity contribution is 0.398. The Balaban J connectivity index is 2.08. The predicted molar refractivity (Wildman–Crippen MR) is 92.1 cm³/mol. The number of anilines is 1. The number of rotatable bonds is 7. The molecule has 0 unspecified atom stereocenters. The van der Waals surface area contributed by atoms with Crippen molar-refractivity contribution in [3.05, 3.63) is 46.2 Å². The van der Waals surface area contributed by atoms with E-state index >= 15 is 0 Å². The monoisotopic (exact) mass is 364 g/mol. The fraction of sp³-hybridized carbons (Fsp3) is 0.375. The highest BCUT2D eigenvalue weighted by molar-refractivity contribution is 9.10. The molecular formula is C16H21BrN4O. The lowest BCUT2D eigenvalue weighted by Gasteiger charge is -2.10. The van der Waals surface area contributed by atoms with Crippen molar-refractivity contribution in [2.24, 2.45) is 5.73 Å². The molecule has 3 N–H and O–H groups in total. The number of nitrogens with two attached hydrogens (primary N) is 1. The number of nitrogens with one attached hydrogen (secondary N) is 1. The Morgan fingerprint density at radius 2 is 2.09 bits per heavy atom. The first-order chi connectivity index (χ1) is 10.6. The van der Waals surface area contributed by atoms with Gasteiger partial charge in [0.25, 0.3) is 5.89 Å².